The highest BCUT2D eigenvalue weighted by Crippen LogP contribution is 2.36. The number of benzene rings is 1. The van der Waals surface area contributed by atoms with Gasteiger partial charge in [-0.2, -0.15) is 19.1 Å². The molecule has 2 bridgehead atoms. The van der Waals surface area contributed by atoms with Crippen molar-refractivity contribution in [3.8, 4) is 17.2 Å². The minimum atomic E-state index is -2.85. The fourth-order valence-electron chi connectivity index (χ4n) is 5.78. The molecule has 7 rings (SSSR count). The van der Waals surface area contributed by atoms with Crippen LogP contribution in [0.2, 0.25) is 0 Å². The SMILES string of the molecule is CSc1cccc(CN2C3CC2CN(c2ccc(-c4cc(C(C=NC(F)F)=CN)cn5ncc(C#N)c45)cn2)C3)c1. The van der Waals surface area contributed by atoms with Crippen molar-refractivity contribution < 1.29 is 8.78 Å². The minimum Gasteiger partial charge on any atom is -0.404 e. The summed E-state index contributed by atoms with van der Waals surface area (Å²) in [4.78, 5) is 14.2. The zero-order valence-corrected chi connectivity index (χ0v) is 23.2. The largest absolute Gasteiger partial charge is 0.404 e. The van der Waals surface area contributed by atoms with Crippen LogP contribution in [-0.2, 0) is 6.54 Å². The molecular formula is C30H28F2N8S. The molecule has 1 aromatic carbocycles. The fourth-order valence-corrected chi connectivity index (χ4v) is 6.26. The Kier molecular flexibility index (Phi) is 7.43. The molecule has 0 aliphatic carbocycles. The number of piperidine rings is 1. The van der Waals surface area contributed by atoms with Gasteiger partial charge in [-0.1, -0.05) is 12.1 Å². The van der Waals surface area contributed by atoms with Crippen LogP contribution in [0.1, 0.15) is 23.1 Å². The Balaban J connectivity index is 1.24. The van der Waals surface area contributed by atoms with Gasteiger partial charge >= 0.3 is 6.55 Å². The minimum absolute atomic E-state index is 0.310. The Labute approximate surface area is 240 Å². The van der Waals surface area contributed by atoms with Crippen LogP contribution in [-0.4, -0.2) is 63.7 Å². The molecule has 11 heteroatoms. The molecule has 8 nitrogen and oxygen atoms in total. The third kappa shape index (κ3) is 5.28. The zero-order valence-electron chi connectivity index (χ0n) is 22.4. The van der Waals surface area contributed by atoms with Crippen LogP contribution >= 0.6 is 11.8 Å². The van der Waals surface area contributed by atoms with Gasteiger partial charge in [-0.05, 0) is 48.6 Å². The third-order valence-corrected chi connectivity index (χ3v) is 8.52. The number of nitrogens with two attached hydrogens (primary N) is 1. The van der Waals surface area contributed by atoms with Crippen molar-refractivity contribution in [2.75, 3.05) is 24.2 Å². The average molecular weight is 571 g/mol. The number of allylic oxidation sites excluding steroid dienone is 1. The van der Waals surface area contributed by atoms with Crippen molar-refractivity contribution in [2.24, 2.45) is 10.7 Å². The van der Waals surface area contributed by atoms with Gasteiger partial charge < -0.3 is 10.6 Å². The predicted octanol–water partition coefficient (Wildman–Crippen LogP) is 5.05. The first kappa shape index (κ1) is 26.9. The first-order chi connectivity index (χ1) is 20.0. The number of hydrogen-bond acceptors (Lipinski definition) is 8. The molecule has 2 N–H and O–H groups in total. The zero-order chi connectivity index (χ0) is 28.5. The maximum Gasteiger partial charge on any atom is 0.331 e. The molecule has 2 atom stereocenters. The lowest BCUT2D eigenvalue weighted by atomic mass is 9.86. The van der Waals surface area contributed by atoms with Crippen molar-refractivity contribution >= 4 is 34.9 Å². The number of thioether (sulfide) groups is 1. The van der Waals surface area contributed by atoms with E-state index in [9.17, 15) is 14.0 Å². The lowest BCUT2D eigenvalue weighted by Gasteiger charge is -2.56. The summed E-state index contributed by atoms with van der Waals surface area (Å²) in [5.41, 5.74) is 10.4. The highest BCUT2D eigenvalue weighted by atomic mass is 32.2. The summed E-state index contributed by atoms with van der Waals surface area (Å²) in [5, 5.41) is 14.0. The first-order valence-electron chi connectivity index (χ1n) is 13.2. The van der Waals surface area contributed by atoms with Gasteiger partial charge in [-0.3, -0.25) is 4.90 Å². The lowest BCUT2D eigenvalue weighted by Crippen LogP contribution is -2.68. The molecule has 0 amide bonds. The van der Waals surface area contributed by atoms with Gasteiger partial charge in [0.2, 0.25) is 0 Å². The van der Waals surface area contributed by atoms with E-state index >= 15 is 0 Å². The summed E-state index contributed by atoms with van der Waals surface area (Å²) in [5.74, 6) is 0.903. The summed E-state index contributed by atoms with van der Waals surface area (Å²) < 4.78 is 27.0. The van der Waals surface area contributed by atoms with Crippen LogP contribution < -0.4 is 10.6 Å². The van der Waals surface area contributed by atoms with E-state index in [0.29, 0.717) is 39.9 Å². The molecule has 0 spiro atoms. The molecule has 3 aromatic heterocycles. The van der Waals surface area contributed by atoms with Crippen LogP contribution in [0.4, 0.5) is 14.6 Å². The second kappa shape index (κ2) is 11.3. The summed E-state index contributed by atoms with van der Waals surface area (Å²) in [6, 6.07) is 17.7. The number of piperazine rings is 1. The molecule has 4 aromatic rings. The maximum atomic E-state index is 12.7. The van der Waals surface area contributed by atoms with E-state index in [0.717, 1.165) is 37.2 Å². The molecule has 6 heterocycles. The molecule has 3 fully saturated rings. The molecular weight excluding hydrogens is 542 g/mol. The molecule has 3 saturated heterocycles. The summed E-state index contributed by atoms with van der Waals surface area (Å²) in [7, 11) is 0. The van der Waals surface area contributed by atoms with Gasteiger partial charge in [0.05, 0.1) is 17.3 Å². The molecule has 2 unspecified atom stereocenters. The van der Waals surface area contributed by atoms with Gasteiger partial charge in [-0.25, -0.2) is 14.5 Å². The quantitative estimate of drug-likeness (QED) is 0.180. The van der Waals surface area contributed by atoms with Crippen molar-refractivity contribution in [3.05, 3.63) is 83.9 Å². The van der Waals surface area contributed by atoms with Gasteiger partial charge in [0.25, 0.3) is 0 Å². The molecule has 208 valence electrons. The second-order valence-corrected chi connectivity index (χ2v) is 11.0. The van der Waals surface area contributed by atoms with Gasteiger partial charge in [0, 0.05) is 83.7 Å². The number of halogens is 2. The van der Waals surface area contributed by atoms with Crippen LogP contribution in [0.25, 0.3) is 22.2 Å². The van der Waals surface area contributed by atoms with Crippen LogP contribution in [0.15, 0.2) is 77.1 Å². The Morgan fingerprint density at radius 3 is 2.73 bits per heavy atom. The summed E-state index contributed by atoms with van der Waals surface area (Å²) in [6.07, 6.45) is 10.5. The van der Waals surface area contributed by atoms with Crippen LogP contribution in [0.5, 0.6) is 0 Å². The van der Waals surface area contributed by atoms with E-state index < -0.39 is 6.55 Å². The molecule has 0 radical (unpaired) electrons. The second-order valence-electron chi connectivity index (χ2n) is 10.2. The van der Waals surface area contributed by atoms with Crippen molar-refractivity contribution in [3.63, 3.8) is 0 Å². The Bertz CT molecular complexity index is 1660. The van der Waals surface area contributed by atoms with E-state index in [1.165, 1.54) is 29.3 Å². The van der Waals surface area contributed by atoms with E-state index in [2.05, 4.69) is 56.5 Å². The van der Waals surface area contributed by atoms with Gasteiger partial charge in [0.1, 0.15) is 11.9 Å². The molecule has 3 aliphatic rings. The number of fused-ring (bicyclic) bond motifs is 3. The molecule has 0 saturated carbocycles. The number of hydrogen-bond donors (Lipinski definition) is 1. The number of nitrogens with zero attached hydrogens (tertiary/aromatic N) is 7. The van der Waals surface area contributed by atoms with Crippen molar-refractivity contribution in [1.29, 1.82) is 5.26 Å². The van der Waals surface area contributed by atoms with Crippen LogP contribution in [0.3, 0.4) is 0 Å². The van der Waals surface area contributed by atoms with E-state index in [-0.39, 0.29) is 0 Å². The number of pyridine rings is 2. The monoisotopic (exact) mass is 570 g/mol. The maximum absolute atomic E-state index is 12.7. The predicted molar refractivity (Wildman–Crippen MR) is 158 cm³/mol. The summed E-state index contributed by atoms with van der Waals surface area (Å²) >= 11 is 1.77. The topological polar surface area (TPSA) is 98.8 Å². The highest BCUT2D eigenvalue weighted by molar-refractivity contribution is 7.98. The van der Waals surface area contributed by atoms with Crippen molar-refractivity contribution in [2.45, 2.75) is 36.5 Å². The Morgan fingerprint density at radius 2 is 2.05 bits per heavy atom. The van der Waals surface area contributed by atoms with Crippen molar-refractivity contribution in [1.82, 2.24) is 19.5 Å². The fraction of sp³-hybridized carbons (Fsp3) is 0.267. The number of aromatic nitrogens is 3. The van der Waals surface area contributed by atoms with E-state index in [1.807, 2.05) is 12.1 Å². The van der Waals surface area contributed by atoms with Gasteiger partial charge in [-0.15, -0.1) is 11.8 Å². The van der Waals surface area contributed by atoms with Gasteiger partial charge in [0.15, 0.2) is 0 Å². The molecule has 3 aliphatic heterocycles. The third-order valence-electron chi connectivity index (χ3n) is 7.80. The standard InChI is InChI=1S/C30H28F2N8S/c1-41-26-4-2-3-19(7-26)15-39-24-9-25(39)18-38(17-24)28-6-5-20(12-35-28)27-8-21(22(10-33)13-36-30(31)32)16-40-29(27)23(11-34)14-37-40/h2-8,10,12-14,16,24-25,30H,9,15,17-18,33H2,1H3. The normalized spacial score (nSPS) is 19.2. The lowest BCUT2D eigenvalue weighted by molar-refractivity contribution is -0.00872. The number of rotatable bonds is 8. The number of aliphatic imine (C=N–C) groups is 1. The smallest absolute Gasteiger partial charge is 0.331 e. The number of alkyl halides is 2. The van der Waals surface area contributed by atoms with E-state index in [4.69, 9.17) is 10.7 Å². The Hall–Kier alpha value is -4.27. The number of nitriles is 1. The summed E-state index contributed by atoms with van der Waals surface area (Å²) in [6.45, 7) is -0.0521. The highest BCUT2D eigenvalue weighted by Gasteiger charge is 2.44. The van der Waals surface area contributed by atoms with E-state index in [1.54, 1.807) is 34.7 Å². The number of anilines is 1. The first-order valence-corrected chi connectivity index (χ1v) is 14.4. The van der Waals surface area contributed by atoms with Crippen LogP contribution in [0, 0.1) is 11.3 Å². The Morgan fingerprint density at radius 1 is 1.22 bits per heavy atom. The molecule has 41 heavy (non-hydrogen) atoms. The average Bonchev–Trinajstić information content (AvgIpc) is 3.43.